The van der Waals surface area contributed by atoms with E-state index < -0.39 is 0 Å². The fourth-order valence-corrected chi connectivity index (χ4v) is 3.67. The van der Waals surface area contributed by atoms with Gasteiger partial charge in [0.05, 0.1) is 0 Å². The van der Waals surface area contributed by atoms with Crippen LogP contribution in [-0.4, -0.2) is 63.4 Å². The molecule has 3 heterocycles. The average molecular weight is 341 g/mol. The third-order valence-corrected chi connectivity index (χ3v) is 5.40. The Balaban J connectivity index is 1.60. The number of fused-ring (bicyclic) bond motifs is 1. The van der Waals surface area contributed by atoms with E-state index in [4.69, 9.17) is 0 Å². The van der Waals surface area contributed by atoms with Crippen LogP contribution < -0.4 is 0 Å². The van der Waals surface area contributed by atoms with Crippen LogP contribution in [0, 0.1) is 5.92 Å². The third-order valence-electron chi connectivity index (χ3n) is 5.40. The third kappa shape index (κ3) is 2.77. The van der Waals surface area contributed by atoms with Gasteiger partial charge in [-0.3, -0.25) is 9.20 Å². The van der Waals surface area contributed by atoms with Crippen LogP contribution in [0.5, 0.6) is 0 Å². The molecular formula is C18H23N5O2. The quantitative estimate of drug-likeness (QED) is 0.802. The smallest absolute Gasteiger partial charge is 0.319 e. The number of pyridine rings is 1. The standard InChI is InChI=1S/C18H23N5O2/c1-21(2)18(25)22-9-8-14(10-22)17-20-19-15-7-6-13(11-23(15)17)16(24)12-4-3-5-12/h6-7,11-12,14H,3-5,8-10H2,1-2H3. The maximum absolute atomic E-state index is 12.5. The molecule has 0 aromatic carbocycles. The highest BCUT2D eigenvalue weighted by atomic mass is 16.2. The van der Waals surface area contributed by atoms with E-state index in [0.717, 1.165) is 49.3 Å². The Morgan fingerprint density at radius 2 is 1.96 bits per heavy atom. The molecule has 1 unspecified atom stereocenters. The van der Waals surface area contributed by atoms with Crippen molar-refractivity contribution in [3.63, 3.8) is 0 Å². The lowest BCUT2D eigenvalue weighted by Crippen LogP contribution is -2.37. The number of aromatic nitrogens is 3. The number of carbonyl (C=O) groups is 2. The van der Waals surface area contributed by atoms with Gasteiger partial charge in [0.1, 0.15) is 5.82 Å². The minimum Gasteiger partial charge on any atom is -0.331 e. The minimum absolute atomic E-state index is 0.0252. The van der Waals surface area contributed by atoms with Crippen molar-refractivity contribution in [3.8, 4) is 0 Å². The van der Waals surface area contributed by atoms with Crippen molar-refractivity contribution < 1.29 is 9.59 Å². The van der Waals surface area contributed by atoms with Gasteiger partial charge in [-0.1, -0.05) is 6.42 Å². The van der Waals surface area contributed by atoms with E-state index in [1.165, 1.54) is 0 Å². The van der Waals surface area contributed by atoms with Crippen LogP contribution in [0.25, 0.3) is 5.65 Å². The molecule has 1 saturated carbocycles. The zero-order valence-electron chi connectivity index (χ0n) is 14.7. The number of hydrogen-bond acceptors (Lipinski definition) is 4. The average Bonchev–Trinajstić information content (AvgIpc) is 3.18. The van der Waals surface area contributed by atoms with Crippen molar-refractivity contribution in [1.82, 2.24) is 24.4 Å². The van der Waals surface area contributed by atoms with Gasteiger partial charge >= 0.3 is 6.03 Å². The molecule has 7 nitrogen and oxygen atoms in total. The van der Waals surface area contributed by atoms with Gasteiger partial charge in [-0.2, -0.15) is 0 Å². The molecule has 2 aliphatic rings. The van der Waals surface area contributed by atoms with E-state index in [2.05, 4.69) is 10.2 Å². The Morgan fingerprint density at radius 1 is 1.16 bits per heavy atom. The van der Waals surface area contributed by atoms with Gasteiger partial charge in [0.15, 0.2) is 11.4 Å². The normalized spacial score (nSPS) is 20.7. The summed E-state index contributed by atoms with van der Waals surface area (Å²) in [7, 11) is 3.53. The predicted octanol–water partition coefficient (Wildman–Crippen LogP) is 2.18. The summed E-state index contributed by atoms with van der Waals surface area (Å²) in [6, 6.07) is 3.74. The Bertz CT molecular complexity index is 824. The molecule has 2 amide bonds. The van der Waals surface area contributed by atoms with Crippen LogP contribution in [0.4, 0.5) is 4.79 Å². The van der Waals surface area contributed by atoms with E-state index in [9.17, 15) is 9.59 Å². The molecule has 7 heteroatoms. The van der Waals surface area contributed by atoms with E-state index in [-0.39, 0.29) is 23.7 Å². The first kappa shape index (κ1) is 16.1. The summed E-state index contributed by atoms with van der Waals surface area (Å²) in [4.78, 5) is 28.1. The number of amides is 2. The molecule has 0 N–H and O–H groups in total. The molecule has 2 aromatic rings. The molecule has 0 bridgehead atoms. The summed E-state index contributed by atoms with van der Waals surface area (Å²) < 4.78 is 1.93. The SMILES string of the molecule is CN(C)C(=O)N1CCC(c2nnc3ccc(C(=O)C4CCC4)cn23)C1. The molecule has 1 atom stereocenters. The number of ketones is 1. The van der Waals surface area contributed by atoms with Crippen LogP contribution in [0.2, 0.25) is 0 Å². The number of Topliss-reactive ketones (excluding diaryl/α,β-unsaturated/α-hetero) is 1. The zero-order valence-corrected chi connectivity index (χ0v) is 14.7. The van der Waals surface area contributed by atoms with Gasteiger partial charge in [-0.05, 0) is 31.4 Å². The minimum atomic E-state index is 0.0252. The monoisotopic (exact) mass is 341 g/mol. The van der Waals surface area contributed by atoms with Gasteiger partial charge in [0.2, 0.25) is 0 Å². The molecule has 1 aliphatic heterocycles. The number of rotatable bonds is 3. The largest absolute Gasteiger partial charge is 0.331 e. The lowest BCUT2D eigenvalue weighted by atomic mass is 9.80. The number of carbonyl (C=O) groups excluding carboxylic acids is 2. The molecule has 132 valence electrons. The fourth-order valence-electron chi connectivity index (χ4n) is 3.67. The summed E-state index contributed by atoms with van der Waals surface area (Å²) in [5.41, 5.74) is 1.48. The molecule has 1 aliphatic carbocycles. The van der Waals surface area contributed by atoms with Crippen molar-refractivity contribution in [1.29, 1.82) is 0 Å². The summed E-state index contributed by atoms with van der Waals surface area (Å²) in [5.74, 6) is 1.39. The predicted molar refractivity (Wildman–Crippen MR) is 92.7 cm³/mol. The van der Waals surface area contributed by atoms with Crippen molar-refractivity contribution >= 4 is 17.5 Å². The van der Waals surface area contributed by atoms with Gasteiger partial charge in [-0.15, -0.1) is 10.2 Å². The highest BCUT2D eigenvalue weighted by Crippen LogP contribution is 2.31. The van der Waals surface area contributed by atoms with Crippen LogP contribution in [0.1, 0.15) is 47.8 Å². The van der Waals surface area contributed by atoms with Crippen LogP contribution >= 0.6 is 0 Å². The molecular weight excluding hydrogens is 318 g/mol. The van der Waals surface area contributed by atoms with Gasteiger partial charge < -0.3 is 9.80 Å². The second-order valence-corrected chi connectivity index (χ2v) is 7.30. The summed E-state index contributed by atoms with van der Waals surface area (Å²) in [6.45, 7) is 1.36. The maximum atomic E-state index is 12.5. The molecule has 0 spiro atoms. The van der Waals surface area contributed by atoms with Gasteiger partial charge in [0.25, 0.3) is 0 Å². The summed E-state index contributed by atoms with van der Waals surface area (Å²) in [5, 5.41) is 8.58. The highest BCUT2D eigenvalue weighted by Gasteiger charge is 2.32. The summed E-state index contributed by atoms with van der Waals surface area (Å²) >= 11 is 0. The highest BCUT2D eigenvalue weighted by molar-refractivity contribution is 5.98. The van der Waals surface area contributed by atoms with Crippen LogP contribution in [0.3, 0.4) is 0 Å². The Morgan fingerprint density at radius 3 is 2.64 bits per heavy atom. The second kappa shape index (κ2) is 6.13. The molecule has 4 rings (SSSR count). The lowest BCUT2D eigenvalue weighted by molar-refractivity contribution is 0.0854. The molecule has 2 fully saturated rings. The maximum Gasteiger partial charge on any atom is 0.319 e. The van der Waals surface area contributed by atoms with E-state index >= 15 is 0 Å². The van der Waals surface area contributed by atoms with Crippen molar-refractivity contribution in [2.45, 2.75) is 31.6 Å². The summed E-state index contributed by atoms with van der Waals surface area (Å²) in [6.07, 6.45) is 5.88. The topological polar surface area (TPSA) is 70.8 Å². The molecule has 1 saturated heterocycles. The molecule has 0 radical (unpaired) electrons. The van der Waals surface area contributed by atoms with Crippen molar-refractivity contribution in [3.05, 3.63) is 29.7 Å². The van der Waals surface area contributed by atoms with E-state index in [1.807, 2.05) is 27.6 Å². The Hall–Kier alpha value is -2.44. The second-order valence-electron chi connectivity index (χ2n) is 7.30. The Kier molecular flexibility index (Phi) is 3.94. The van der Waals surface area contributed by atoms with E-state index in [0.29, 0.717) is 6.54 Å². The van der Waals surface area contributed by atoms with Crippen LogP contribution in [-0.2, 0) is 0 Å². The zero-order chi connectivity index (χ0) is 17.6. The van der Waals surface area contributed by atoms with Crippen molar-refractivity contribution in [2.24, 2.45) is 5.92 Å². The first-order valence-corrected chi connectivity index (χ1v) is 8.89. The fraction of sp³-hybridized carbons (Fsp3) is 0.556. The van der Waals surface area contributed by atoms with Crippen molar-refractivity contribution in [2.75, 3.05) is 27.2 Å². The lowest BCUT2D eigenvalue weighted by Gasteiger charge is -2.23. The molecule has 25 heavy (non-hydrogen) atoms. The first-order chi connectivity index (χ1) is 12.0. The molecule has 2 aromatic heterocycles. The number of hydrogen-bond donors (Lipinski definition) is 0. The van der Waals surface area contributed by atoms with Crippen LogP contribution in [0.15, 0.2) is 18.3 Å². The number of nitrogens with zero attached hydrogens (tertiary/aromatic N) is 5. The van der Waals surface area contributed by atoms with E-state index in [1.54, 1.807) is 19.0 Å². The first-order valence-electron chi connectivity index (χ1n) is 8.89. The van der Waals surface area contributed by atoms with Gasteiger partial charge in [0, 0.05) is 50.8 Å². The number of urea groups is 1. The van der Waals surface area contributed by atoms with Gasteiger partial charge in [-0.25, -0.2) is 4.79 Å². The number of likely N-dealkylation sites (tertiary alicyclic amines) is 1. The Labute approximate surface area is 146 Å².